The Hall–Kier alpha value is -3.16. The number of aryl methyl sites for hydroxylation is 1. The first-order chi connectivity index (χ1) is 14.1. The van der Waals surface area contributed by atoms with E-state index in [1.165, 1.54) is 0 Å². The molecule has 0 aliphatic carbocycles. The molecule has 0 amide bonds. The van der Waals surface area contributed by atoms with Gasteiger partial charge in [0.25, 0.3) is 0 Å². The fraction of sp³-hybridized carbons (Fsp3) is 0.100. The topological polar surface area (TPSA) is 88.1 Å². The predicted octanol–water partition coefficient (Wildman–Crippen LogP) is 4.88. The van der Waals surface area contributed by atoms with E-state index in [-0.39, 0.29) is 0 Å². The van der Waals surface area contributed by atoms with E-state index in [1.807, 2.05) is 36.1 Å². The van der Waals surface area contributed by atoms with E-state index in [0.717, 1.165) is 44.8 Å². The molecule has 0 aliphatic heterocycles. The normalized spacial score (nSPS) is 11.4. The number of hydrogen-bond acceptors (Lipinski definition) is 4. The molecule has 0 atom stereocenters. The smallest absolute Gasteiger partial charge is 0.156 e. The Kier molecular flexibility index (Phi) is 4.34. The zero-order chi connectivity index (χ0) is 20.0. The van der Waals surface area contributed by atoms with Crippen molar-refractivity contribution in [1.82, 2.24) is 34.9 Å². The van der Waals surface area contributed by atoms with E-state index in [0.29, 0.717) is 16.6 Å². The highest BCUT2D eigenvalue weighted by Crippen LogP contribution is 2.30. The van der Waals surface area contributed by atoms with Gasteiger partial charge in [-0.2, -0.15) is 10.2 Å². The minimum absolute atomic E-state index is 0.521. The van der Waals surface area contributed by atoms with Crippen molar-refractivity contribution in [1.29, 1.82) is 0 Å². The highest BCUT2D eigenvalue weighted by atomic mass is 35.5. The number of hydrogen-bond donors (Lipinski definition) is 2. The van der Waals surface area contributed by atoms with Crippen LogP contribution in [0.3, 0.4) is 0 Å². The summed E-state index contributed by atoms with van der Waals surface area (Å²) < 4.78 is 1.82. The summed E-state index contributed by atoms with van der Waals surface area (Å²) in [7, 11) is 0. The second kappa shape index (κ2) is 7.02. The third-order valence-electron chi connectivity index (χ3n) is 4.79. The van der Waals surface area contributed by atoms with Crippen molar-refractivity contribution in [3.05, 3.63) is 70.5 Å². The Labute approximate surface area is 175 Å². The maximum Gasteiger partial charge on any atom is 0.156 e. The van der Waals surface area contributed by atoms with Crippen molar-refractivity contribution < 1.29 is 0 Å². The van der Waals surface area contributed by atoms with E-state index in [1.54, 1.807) is 24.7 Å². The van der Waals surface area contributed by atoms with E-state index >= 15 is 0 Å². The van der Waals surface area contributed by atoms with Gasteiger partial charge in [0.05, 0.1) is 40.9 Å². The van der Waals surface area contributed by atoms with Gasteiger partial charge in [-0.25, -0.2) is 9.97 Å². The lowest BCUT2D eigenvalue weighted by Gasteiger charge is -2.05. The van der Waals surface area contributed by atoms with Crippen molar-refractivity contribution in [2.24, 2.45) is 0 Å². The van der Waals surface area contributed by atoms with Crippen LogP contribution in [0.1, 0.15) is 11.3 Å². The van der Waals surface area contributed by atoms with Crippen LogP contribution < -0.4 is 0 Å². The molecule has 29 heavy (non-hydrogen) atoms. The van der Waals surface area contributed by atoms with Gasteiger partial charge in [0.15, 0.2) is 5.65 Å². The summed E-state index contributed by atoms with van der Waals surface area (Å²) in [6.07, 6.45) is 9.15. The van der Waals surface area contributed by atoms with E-state index < -0.39 is 0 Å². The number of nitrogens with zero attached hydrogens (tertiary/aromatic N) is 5. The average Bonchev–Trinajstić information content (AvgIpc) is 3.44. The first-order valence-corrected chi connectivity index (χ1v) is 9.66. The van der Waals surface area contributed by atoms with Gasteiger partial charge in [0.2, 0.25) is 0 Å². The molecule has 4 aromatic heterocycles. The second-order valence-corrected chi connectivity index (χ2v) is 7.49. The van der Waals surface area contributed by atoms with E-state index in [2.05, 4.69) is 25.3 Å². The Bertz CT molecular complexity index is 1330. The highest BCUT2D eigenvalue weighted by molar-refractivity contribution is 6.42. The molecule has 0 spiro atoms. The van der Waals surface area contributed by atoms with Crippen LogP contribution in [-0.4, -0.2) is 34.9 Å². The summed E-state index contributed by atoms with van der Waals surface area (Å²) in [5.74, 6) is 0. The van der Waals surface area contributed by atoms with Gasteiger partial charge in [-0.05, 0) is 18.6 Å². The summed E-state index contributed by atoms with van der Waals surface area (Å²) in [4.78, 5) is 12.5. The van der Waals surface area contributed by atoms with Crippen LogP contribution in [0.5, 0.6) is 0 Å². The fourth-order valence-electron chi connectivity index (χ4n) is 3.28. The number of halogens is 2. The largest absolute Gasteiger partial charge is 0.344 e. The van der Waals surface area contributed by atoms with Gasteiger partial charge < -0.3 is 4.98 Å². The quantitative estimate of drug-likeness (QED) is 0.431. The SMILES string of the molecule is Cc1[nH]ncc1-c1cnc2[nH]cc(-c3cnn(Cc4cccc(Cl)c4Cl)c3)c2n1. The zero-order valence-electron chi connectivity index (χ0n) is 15.3. The van der Waals surface area contributed by atoms with Crippen molar-refractivity contribution >= 4 is 34.4 Å². The number of benzene rings is 1. The lowest BCUT2D eigenvalue weighted by molar-refractivity contribution is 0.687. The molecule has 5 aromatic rings. The highest BCUT2D eigenvalue weighted by Gasteiger charge is 2.14. The minimum Gasteiger partial charge on any atom is -0.344 e. The van der Waals surface area contributed by atoms with Crippen molar-refractivity contribution in [3.8, 4) is 22.4 Å². The molecule has 5 rings (SSSR count). The molecule has 7 nitrogen and oxygen atoms in total. The molecule has 1 aromatic carbocycles. The molecule has 0 aliphatic rings. The number of fused-ring (bicyclic) bond motifs is 1. The molecule has 0 radical (unpaired) electrons. The van der Waals surface area contributed by atoms with Gasteiger partial charge in [0, 0.05) is 34.8 Å². The molecule has 0 saturated heterocycles. The maximum atomic E-state index is 6.30. The molecule has 0 fully saturated rings. The predicted molar refractivity (Wildman–Crippen MR) is 113 cm³/mol. The van der Waals surface area contributed by atoms with E-state index in [9.17, 15) is 0 Å². The summed E-state index contributed by atoms with van der Waals surface area (Å²) in [5, 5.41) is 12.5. The molecule has 0 bridgehead atoms. The average molecular weight is 424 g/mol. The monoisotopic (exact) mass is 423 g/mol. The Balaban J connectivity index is 1.51. The lowest BCUT2D eigenvalue weighted by atomic mass is 10.1. The van der Waals surface area contributed by atoms with Crippen LogP contribution in [-0.2, 0) is 6.54 Å². The lowest BCUT2D eigenvalue weighted by Crippen LogP contribution is -2.00. The summed E-state index contributed by atoms with van der Waals surface area (Å²) in [5.41, 5.74) is 6.91. The number of H-pyrrole nitrogens is 2. The van der Waals surface area contributed by atoms with Crippen LogP contribution in [0.4, 0.5) is 0 Å². The first kappa shape index (κ1) is 17.9. The first-order valence-electron chi connectivity index (χ1n) is 8.90. The minimum atomic E-state index is 0.521. The van der Waals surface area contributed by atoms with Gasteiger partial charge in [-0.15, -0.1) is 0 Å². The maximum absolute atomic E-state index is 6.30. The van der Waals surface area contributed by atoms with Gasteiger partial charge >= 0.3 is 0 Å². The Morgan fingerprint density at radius 1 is 1.10 bits per heavy atom. The summed E-state index contributed by atoms with van der Waals surface area (Å²) >= 11 is 12.4. The van der Waals surface area contributed by atoms with Gasteiger partial charge in [-0.3, -0.25) is 9.78 Å². The van der Waals surface area contributed by atoms with Crippen LogP contribution in [0.25, 0.3) is 33.5 Å². The van der Waals surface area contributed by atoms with Crippen LogP contribution in [0, 0.1) is 6.92 Å². The van der Waals surface area contributed by atoms with Crippen LogP contribution in [0.15, 0.2) is 49.2 Å². The van der Waals surface area contributed by atoms with Crippen LogP contribution in [0.2, 0.25) is 10.0 Å². The molecule has 0 saturated carbocycles. The van der Waals surface area contributed by atoms with Crippen molar-refractivity contribution in [2.45, 2.75) is 13.5 Å². The summed E-state index contributed by atoms with van der Waals surface area (Å²) in [6, 6.07) is 5.58. The number of aromatic nitrogens is 7. The molecular weight excluding hydrogens is 409 g/mol. The fourth-order valence-corrected chi connectivity index (χ4v) is 3.66. The van der Waals surface area contributed by atoms with E-state index in [4.69, 9.17) is 28.2 Å². The third kappa shape index (κ3) is 3.18. The molecule has 144 valence electrons. The second-order valence-electron chi connectivity index (χ2n) is 6.70. The molecule has 0 unspecified atom stereocenters. The summed E-state index contributed by atoms with van der Waals surface area (Å²) in [6.45, 7) is 2.48. The Morgan fingerprint density at radius 3 is 2.83 bits per heavy atom. The van der Waals surface area contributed by atoms with Crippen molar-refractivity contribution in [2.75, 3.05) is 0 Å². The van der Waals surface area contributed by atoms with Crippen LogP contribution >= 0.6 is 23.2 Å². The van der Waals surface area contributed by atoms with Gasteiger partial charge in [0.1, 0.15) is 5.52 Å². The Morgan fingerprint density at radius 2 is 2.00 bits per heavy atom. The standard InChI is InChI=1S/C20H15Cl2N7/c1-11-14(7-25-28-11)17-8-24-20-19(27-17)15(6-23-20)13-5-26-29(10-13)9-12-3-2-4-16(21)18(12)22/h2-8,10H,9H2,1H3,(H,23,24)(H,25,28). The molecule has 9 heteroatoms. The van der Waals surface area contributed by atoms with Gasteiger partial charge in [-0.1, -0.05) is 35.3 Å². The van der Waals surface area contributed by atoms with Crippen molar-refractivity contribution in [3.63, 3.8) is 0 Å². The third-order valence-corrected chi connectivity index (χ3v) is 5.65. The number of nitrogens with one attached hydrogen (secondary N) is 2. The number of rotatable bonds is 4. The number of aromatic amines is 2. The molecular formula is C20H15Cl2N7. The zero-order valence-corrected chi connectivity index (χ0v) is 16.8. The molecule has 2 N–H and O–H groups in total. The molecule has 4 heterocycles.